The van der Waals surface area contributed by atoms with Gasteiger partial charge in [-0.2, -0.15) is 13.2 Å². The van der Waals surface area contributed by atoms with Crippen molar-refractivity contribution in [2.24, 2.45) is 0 Å². The number of halogens is 5. The fraction of sp³-hybridized carbons (Fsp3) is 0.231. The fourth-order valence-electron chi connectivity index (χ4n) is 1.76. The van der Waals surface area contributed by atoms with Crippen molar-refractivity contribution in [1.82, 2.24) is 4.57 Å². The molecule has 0 aliphatic carbocycles. The number of aromatic nitrogens is 1. The smallest absolute Gasteiger partial charge is 0.379 e. The second-order valence-electron chi connectivity index (χ2n) is 4.31. The van der Waals surface area contributed by atoms with Gasteiger partial charge in [0.05, 0.1) is 10.0 Å². The predicted octanol–water partition coefficient (Wildman–Crippen LogP) is 4.44. The normalized spacial score (nSPS) is 13.5. The van der Waals surface area contributed by atoms with Crippen LogP contribution < -0.4 is 0 Å². The van der Waals surface area contributed by atoms with E-state index in [1.807, 2.05) is 0 Å². The summed E-state index contributed by atoms with van der Waals surface area (Å²) in [5.41, 5.74) is 0.598. The molecule has 1 aromatic heterocycles. The molecule has 2 nitrogen and oxygen atoms in total. The summed E-state index contributed by atoms with van der Waals surface area (Å²) in [6.07, 6.45) is -4.43. The lowest BCUT2D eigenvalue weighted by Crippen LogP contribution is -2.19. The highest BCUT2D eigenvalue weighted by Crippen LogP contribution is 2.32. The van der Waals surface area contributed by atoms with Crippen LogP contribution >= 0.6 is 23.2 Å². The summed E-state index contributed by atoms with van der Waals surface area (Å²) in [6, 6.07) is 6.22. The summed E-state index contributed by atoms with van der Waals surface area (Å²) >= 11 is 11.6. The zero-order chi connectivity index (χ0) is 14.9. The number of rotatable bonds is 3. The van der Waals surface area contributed by atoms with Crippen LogP contribution in [0, 0.1) is 0 Å². The molecule has 0 amide bonds. The molecule has 1 heterocycles. The Morgan fingerprint density at radius 1 is 1.15 bits per heavy atom. The van der Waals surface area contributed by atoms with Gasteiger partial charge in [-0.1, -0.05) is 29.3 Å². The van der Waals surface area contributed by atoms with Crippen LogP contribution in [-0.2, 0) is 6.54 Å². The molecule has 1 N–H and O–H groups in total. The van der Waals surface area contributed by atoms with Crippen LogP contribution in [-0.4, -0.2) is 15.8 Å². The van der Waals surface area contributed by atoms with E-state index in [-0.39, 0.29) is 5.56 Å². The largest absolute Gasteiger partial charge is 0.418 e. The molecule has 2 rings (SSSR count). The van der Waals surface area contributed by atoms with Gasteiger partial charge in [0.1, 0.15) is 0 Å². The Kier molecular flexibility index (Phi) is 4.32. The van der Waals surface area contributed by atoms with Crippen molar-refractivity contribution in [3.63, 3.8) is 0 Å². The number of aliphatic hydroxyl groups is 1. The summed E-state index contributed by atoms with van der Waals surface area (Å²) in [6.45, 7) is 0.335. The van der Waals surface area contributed by atoms with Crippen LogP contribution in [0.5, 0.6) is 0 Å². The van der Waals surface area contributed by atoms with Gasteiger partial charge in [0.25, 0.3) is 0 Å². The molecule has 0 radical (unpaired) electrons. The summed E-state index contributed by atoms with van der Waals surface area (Å²) in [5, 5.41) is 9.93. The first-order valence-electron chi connectivity index (χ1n) is 5.62. The first-order chi connectivity index (χ1) is 9.27. The van der Waals surface area contributed by atoms with E-state index >= 15 is 0 Å². The summed E-state index contributed by atoms with van der Waals surface area (Å²) < 4.78 is 38.7. The van der Waals surface area contributed by atoms with Gasteiger partial charge in [0, 0.05) is 24.5 Å². The van der Waals surface area contributed by atoms with Gasteiger partial charge in [-0.05, 0) is 23.8 Å². The molecule has 0 saturated heterocycles. The van der Waals surface area contributed by atoms with E-state index in [4.69, 9.17) is 28.3 Å². The molecule has 7 heteroatoms. The molecule has 0 fully saturated rings. The molecule has 0 bridgehead atoms. The summed E-state index contributed by atoms with van der Waals surface area (Å²) in [7, 11) is 0. The van der Waals surface area contributed by atoms with Gasteiger partial charge in [-0.25, -0.2) is 0 Å². The van der Waals surface area contributed by atoms with E-state index in [1.54, 1.807) is 18.2 Å². The average Bonchev–Trinajstić information content (AvgIpc) is 2.80. The Labute approximate surface area is 123 Å². The zero-order valence-electron chi connectivity index (χ0n) is 10.0. The SMILES string of the molecule is OC(c1ccn(Cc2ccc(Cl)c(Cl)c2)c1)C(F)(F)F. The van der Waals surface area contributed by atoms with Crippen molar-refractivity contribution in [3.8, 4) is 0 Å². The van der Waals surface area contributed by atoms with Crippen LogP contribution in [0.1, 0.15) is 17.2 Å². The Morgan fingerprint density at radius 2 is 1.85 bits per heavy atom. The predicted molar refractivity (Wildman–Crippen MR) is 71.0 cm³/mol. The lowest BCUT2D eigenvalue weighted by molar-refractivity contribution is -0.206. The maximum atomic E-state index is 12.4. The van der Waals surface area contributed by atoms with E-state index in [1.165, 1.54) is 23.0 Å². The third-order valence-corrected chi connectivity index (χ3v) is 3.49. The van der Waals surface area contributed by atoms with E-state index < -0.39 is 12.3 Å². The molecule has 1 aromatic carbocycles. The molecule has 0 saturated carbocycles. The standard InChI is InChI=1S/C13H10Cl2F3NO/c14-10-2-1-8(5-11(10)15)6-19-4-3-9(7-19)12(20)13(16,17)18/h1-5,7,12,20H,6H2. The molecular weight excluding hydrogens is 314 g/mol. The highest BCUT2D eigenvalue weighted by molar-refractivity contribution is 6.42. The second kappa shape index (κ2) is 5.68. The molecule has 1 atom stereocenters. The molecule has 0 spiro atoms. The highest BCUT2D eigenvalue weighted by atomic mass is 35.5. The van der Waals surface area contributed by atoms with Gasteiger partial charge < -0.3 is 9.67 Å². The van der Waals surface area contributed by atoms with Crippen LogP contribution in [0.15, 0.2) is 36.7 Å². The first kappa shape index (κ1) is 15.2. The summed E-state index contributed by atoms with van der Waals surface area (Å²) in [4.78, 5) is 0. The number of nitrogens with zero attached hydrogens (tertiary/aromatic N) is 1. The van der Waals surface area contributed by atoms with Gasteiger partial charge in [-0.15, -0.1) is 0 Å². The fourth-order valence-corrected chi connectivity index (χ4v) is 2.08. The van der Waals surface area contributed by atoms with E-state index in [0.717, 1.165) is 5.56 Å². The molecule has 0 aliphatic heterocycles. The second-order valence-corrected chi connectivity index (χ2v) is 5.12. The third kappa shape index (κ3) is 3.48. The molecule has 108 valence electrons. The van der Waals surface area contributed by atoms with Gasteiger partial charge in [0.15, 0.2) is 6.10 Å². The van der Waals surface area contributed by atoms with Crippen LogP contribution in [0.4, 0.5) is 13.2 Å². The number of benzene rings is 1. The highest BCUT2D eigenvalue weighted by Gasteiger charge is 2.39. The van der Waals surface area contributed by atoms with Crippen LogP contribution in [0.3, 0.4) is 0 Å². The minimum atomic E-state index is -4.67. The molecule has 0 aliphatic rings. The maximum Gasteiger partial charge on any atom is 0.418 e. The van der Waals surface area contributed by atoms with Crippen LogP contribution in [0.2, 0.25) is 10.0 Å². The Bertz CT molecular complexity index is 610. The first-order valence-corrected chi connectivity index (χ1v) is 6.37. The Morgan fingerprint density at radius 3 is 2.45 bits per heavy atom. The molecule has 20 heavy (non-hydrogen) atoms. The van der Waals surface area contributed by atoms with Crippen molar-refractivity contribution in [2.45, 2.75) is 18.8 Å². The average molecular weight is 324 g/mol. The van der Waals surface area contributed by atoms with E-state index in [0.29, 0.717) is 16.6 Å². The molecule has 2 aromatic rings. The number of alkyl halides is 3. The van der Waals surface area contributed by atoms with Crippen molar-refractivity contribution in [2.75, 3.05) is 0 Å². The lowest BCUT2D eigenvalue weighted by atomic mass is 10.2. The lowest BCUT2D eigenvalue weighted by Gasteiger charge is -2.12. The molecular formula is C13H10Cl2F3NO. The number of hydrogen-bond acceptors (Lipinski definition) is 1. The van der Waals surface area contributed by atoms with Gasteiger partial charge in [-0.3, -0.25) is 0 Å². The van der Waals surface area contributed by atoms with Crippen LogP contribution in [0.25, 0.3) is 0 Å². The third-order valence-electron chi connectivity index (χ3n) is 2.75. The zero-order valence-corrected chi connectivity index (χ0v) is 11.5. The minimum absolute atomic E-state index is 0.197. The monoisotopic (exact) mass is 323 g/mol. The van der Waals surface area contributed by atoms with Crippen molar-refractivity contribution in [3.05, 3.63) is 57.8 Å². The number of aliphatic hydroxyl groups excluding tert-OH is 1. The number of hydrogen-bond donors (Lipinski definition) is 1. The maximum absolute atomic E-state index is 12.4. The topological polar surface area (TPSA) is 25.2 Å². The van der Waals surface area contributed by atoms with Crippen molar-refractivity contribution < 1.29 is 18.3 Å². The van der Waals surface area contributed by atoms with E-state index in [2.05, 4.69) is 0 Å². The van der Waals surface area contributed by atoms with Crippen molar-refractivity contribution in [1.29, 1.82) is 0 Å². The Balaban J connectivity index is 2.15. The Hall–Kier alpha value is -1.17. The molecule has 1 unspecified atom stereocenters. The minimum Gasteiger partial charge on any atom is -0.379 e. The van der Waals surface area contributed by atoms with Gasteiger partial charge in [0.2, 0.25) is 0 Å². The van der Waals surface area contributed by atoms with Crippen molar-refractivity contribution >= 4 is 23.2 Å². The quantitative estimate of drug-likeness (QED) is 0.887. The van der Waals surface area contributed by atoms with E-state index in [9.17, 15) is 13.2 Å². The van der Waals surface area contributed by atoms with Gasteiger partial charge >= 0.3 is 6.18 Å². The summed E-state index contributed by atoms with van der Waals surface area (Å²) in [5.74, 6) is 0.